The first-order valence-electron chi connectivity index (χ1n) is 9.34. The minimum Gasteiger partial charge on any atom is -0.396 e. The summed E-state index contributed by atoms with van der Waals surface area (Å²) < 4.78 is 12.9. The maximum Gasteiger partial charge on any atom is 0.323 e. The summed E-state index contributed by atoms with van der Waals surface area (Å²) in [6, 6.07) is 11.3. The summed E-state index contributed by atoms with van der Waals surface area (Å²) in [5, 5.41) is 2.80. The van der Waals surface area contributed by atoms with Gasteiger partial charge in [0.05, 0.1) is 23.8 Å². The number of amides is 2. The van der Waals surface area contributed by atoms with Gasteiger partial charge in [-0.1, -0.05) is 24.3 Å². The summed E-state index contributed by atoms with van der Waals surface area (Å²) in [5.74, 6) is 0.713. The van der Waals surface area contributed by atoms with E-state index in [1.165, 1.54) is 0 Å². The van der Waals surface area contributed by atoms with Crippen LogP contribution in [0.1, 0.15) is 11.4 Å². The summed E-state index contributed by atoms with van der Waals surface area (Å²) in [4.78, 5) is 26.7. The number of halogens is 1. The highest BCUT2D eigenvalue weighted by Gasteiger charge is 2.31. The van der Waals surface area contributed by atoms with Gasteiger partial charge < -0.3 is 10.6 Å². The quantitative estimate of drug-likeness (QED) is 0.710. The number of hydrogen-bond acceptors (Lipinski definition) is 5. The van der Waals surface area contributed by atoms with Gasteiger partial charge >= 0.3 is 6.03 Å². The molecule has 3 N–H and O–H groups in total. The molecule has 4 rings (SSSR count). The second kappa shape index (κ2) is 7.83. The number of hydrogen-bond donors (Lipinski definition) is 2. The van der Waals surface area contributed by atoms with Gasteiger partial charge in [0.15, 0.2) is 11.6 Å². The van der Waals surface area contributed by atoms with Crippen molar-refractivity contribution in [1.82, 2.24) is 19.9 Å². The molecule has 2 aromatic heterocycles. The summed E-state index contributed by atoms with van der Waals surface area (Å²) in [7, 11) is 0. The van der Waals surface area contributed by atoms with Crippen LogP contribution in [0, 0.1) is 18.7 Å². The second-order valence-electron chi connectivity index (χ2n) is 7.17. The van der Waals surface area contributed by atoms with Gasteiger partial charge in [0.25, 0.3) is 0 Å². The topological polar surface area (TPSA) is 97.0 Å². The fourth-order valence-corrected chi connectivity index (χ4v) is 3.33. The molecule has 0 saturated carbocycles. The fraction of sp³-hybridized carbons (Fsp3) is 0.238. The zero-order chi connectivity index (χ0) is 20.4. The van der Waals surface area contributed by atoms with E-state index in [1.807, 2.05) is 37.3 Å². The van der Waals surface area contributed by atoms with Crippen LogP contribution in [0.3, 0.4) is 0 Å². The number of benzene rings is 1. The Morgan fingerprint density at radius 3 is 2.66 bits per heavy atom. The maximum absolute atomic E-state index is 12.9. The molecule has 1 aromatic carbocycles. The molecule has 8 heteroatoms. The predicted octanol–water partition coefficient (Wildman–Crippen LogP) is 3.27. The Hall–Kier alpha value is -3.55. The van der Waals surface area contributed by atoms with Gasteiger partial charge in [-0.25, -0.2) is 24.1 Å². The molecular formula is C21H21FN6O. The van der Waals surface area contributed by atoms with Crippen LogP contribution in [0.15, 0.2) is 48.8 Å². The normalized spacial score (nSPS) is 13.8. The predicted molar refractivity (Wildman–Crippen MR) is 109 cm³/mol. The van der Waals surface area contributed by atoms with Crippen molar-refractivity contribution < 1.29 is 9.18 Å². The van der Waals surface area contributed by atoms with Crippen LogP contribution in [-0.2, 0) is 6.42 Å². The molecule has 1 fully saturated rings. The highest BCUT2D eigenvalue weighted by Crippen LogP contribution is 2.27. The number of carbonyl (C=O) groups is 1. The Balaban J connectivity index is 1.38. The SMILES string of the molecule is Cc1ccccc1-c1ccc(N)c(NC(=O)N2CC(Cc3ncc(F)cn3)C2)n1. The largest absolute Gasteiger partial charge is 0.396 e. The maximum atomic E-state index is 12.9. The number of anilines is 2. The minimum absolute atomic E-state index is 0.245. The number of nitrogens with one attached hydrogen (secondary N) is 1. The van der Waals surface area contributed by atoms with E-state index in [1.54, 1.807) is 11.0 Å². The first-order chi connectivity index (χ1) is 14.0. The highest BCUT2D eigenvalue weighted by atomic mass is 19.1. The number of urea groups is 1. The smallest absolute Gasteiger partial charge is 0.323 e. The van der Waals surface area contributed by atoms with E-state index in [2.05, 4.69) is 20.3 Å². The monoisotopic (exact) mass is 392 g/mol. The molecule has 0 unspecified atom stereocenters. The molecule has 0 aliphatic carbocycles. The molecule has 3 heterocycles. The average Bonchev–Trinajstić information content (AvgIpc) is 2.68. The third-order valence-electron chi connectivity index (χ3n) is 4.96. The van der Waals surface area contributed by atoms with E-state index in [0.717, 1.165) is 29.2 Å². The lowest BCUT2D eigenvalue weighted by Crippen LogP contribution is -2.52. The summed E-state index contributed by atoms with van der Waals surface area (Å²) in [6.45, 7) is 3.16. The Labute approximate surface area is 167 Å². The van der Waals surface area contributed by atoms with Crippen molar-refractivity contribution >= 4 is 17.5 Å². The van der Waals surface area contributed by atoms with Gasteiger partial charge in [0.2, 0.25) is 0 Å². The third kappa shape index (κ3) is 4.16. The van der Waals surface area contributed by atoms with E-state index >= 15 is 0 Å². The molecule has 1 aliphatic rings. The van der Waals surface area contributed by atoms with Crippen molar-refractivity contribution in [3.8, 4) is 11.3 Å². The molecule has 1 saturated heterocycles. The van der Waals surface area contributed by atoms with Gasteiger partial charge in [-0.3, -0.25) is 5.32 Å². The number of rotatable bonds is 4. The van der Waals surface area contributed by atoms with Gasteiger partial charge in [-0.05, 0) is 24.6 Å². The Morgan fingerprint density at radius 1 is 1.21 bits per heavy atom. The summed E-state index contributed by atoms with van der Waals surface area (Å²) >= 11 is 0. The van der Waals surface area contributed by atoms with Gasteiger partial charge in [-0.2, -0.15) is 0 Å². The molecule has 0 radical (unpaired) electrons. The van der Waals surface area contributed by atoms with E-state index < -0.39 is 5.82 Å². The van der Waals surface area contributed by atoms with E-state index in [0.29, 0.717) is 36.8 Å². The van der Waals surface area contributed by atoms with Crippen molar-refractivity contribution in [3.05, 3.63) is 66.0 Å². The Morgan fingerprint density at radius 2 is 1.93 bits per heavy atom. The van der Waals surface area contributed by atoms with E-state index in [-0.39, 0.29) is 11.9 Å². The number of carbonyl (C=O) groups excluding carboxylic acids is 1. The molecule has 3 aromatic rings. The van der Waals surface area contributed by atoms with Crippen molar-refractivity contribution in [2.75, 3.05) is 24.1 Å². The summed E-state index contributed by atoms with van der Waals surface area (Å²) in [6.07, 6.45) is 2.91. The third-order valence-corrected chi connectivity index (χ3v) is 4.96. The van der Waals surface area contributed by atoms with Crippen LogP contribution in [0.4, 0.5) is 20.7 Å². The fourth-order valence-electron chi connectivity index (χ4n) is 3.33. The summed E-state index contributed by atoms with van der Waals surface area (Å²) in [5.41, 5.74) is 9.26. The molecule has 29 heavy (non-hydrogen) atoms. The van der Waals surface area contributed by atoms with Crippen molar-refractivity contribution in [2.45, 2.75) is 13.3 Å². The number of aryl methyl sites for hydroxylation is 1. The second-order valence-corrected chi connectivity index (χ2v) is 7.17. The number of aromatic nitrogens is 3. The van der Waals surface area contributed by atoms with Crippen LogP contribution in [0.2, 0.25) is 0 Å². The van der Waals surface area contributed by atoms with Crippen LogP contribution >= 0.6 is 0 Å². The van der Waals surface area contributed by atoms with E-state index in [9.17, 15) is 9.18 Å². The molecule has 0 bridgehead atoms. The van der Waals surface area contributed by atoms with Crippen LogP contribution < -0.4 is 11.1 Å². The lowest BCUT2D eigenvalue weighted by Gasteiger charge is -2.38. The number of nitrogens with two attached hydrogens (primary N) is 1. The van der Waals surface area contributed by atoms with Gasteiger partial charge in [-0.15, -0.1) is 0 Å². The lowest BCUT2D eigenvalue weighted by molar-refractivity contribution is 0.129. The van der Waals surface area contributed by atoms with Gasteiger partial charge in [0.1, 0.15) is 5.82 Å². The Bertz CT molecular complexity index is 1030. The zero-order valence-electron chi connectivity index (χ0n) is 16.0. The number of nitrogen functional groups attached to an aromatic ring is 1. The van der Waals surface area contributed by atoms with Gasteiger partial charge in [0, 0.05) is 31.0 Å². The van der Waals surface area contributed by atoms with E-state index in [4.69, 9.17) is 5.73 Å². The number of nitrogens with zero attached hydrogens (tertiary/aromatic N) is 4. The number of likely N-dealkylation sites (tertiary alicyclic amines) is 1. The highest BCUT2D eigenvalue weighted by molar-refractivity contribution is 5.92. The number of pyridine rings is 1. The van der Waals surface area contributed by atoms with Crippen LogP contribution in [-0.4, -0.2) is 39.0 Å². The minimum atomic E-state index is -0.457. The van der Waals surface area contributed by atoms with Crippen LogP contribution in [0.25, 0.3) is 11.3 Å². The molecule has 7 nitrogen and oxygen atoms in total. The molecule has 1 aliphatic heterocycles. The molecule has 2 amide bonds. The molecule has 0 atom stereocenters. The molecular weight excluding hydrogens is 371 g/mol. The molecule has 148 valence electrons. The van der Waals surface area contributed by atoms with Crippen LogP contribution in [0.5, 0.6) is 0 Å². The molecule has 0 spiro atoms. The standard InChI is InChI=1S/C21H21FN6O/c1-13-4-2-3-5-16(13)18-7-6-17(23)20(26-18)27-21(29)28-11-14(12-28)8-19-24-9-15(22)10-25-19/h2-7,9-10,14H,8,11-12,23H2,1H3,(H,26,27,29). The van der Waals surface area contributed by atoms with Crippen molar-refractivity contribution in [3.63, 3.8) is 0 Å². The zero-order valence-corrected chi connectivity index (χ0v) is 16.0. The van der Waals surface area contributed by atoms with Crippen molar-refractivity contribution in [2.24, 2.45) is 5.92 Å². The first-order valence-corrected chi connectivity index (χ1v) is 9.34. The average molecular weight is 392 g/mol. The Kier molecular flexibility index (Phi) is 5.07. The lowest BCUT2D eigenvalue weighted by atomic mass is 9.96. The first kappa shape index (κ1) is 18.8. The van der Waals surface area contributed by atoms with Crippen molar-refractivity contribution in [1.29, 1.82) is 0 Å².